The van der Waals surface area contributed by atoms with Crippen LogP contribution >= 0.6 is 0 Å². The highest BCUT2D eigenvalue weighted by Crippen LogP contribution is 2.24. The van der Waals surface area contributed by atoms with Gasteiger partial charge in [-0.15, -0.1) is 0 Å². The Morgan fingerprint density at radius 1 is 0.522 bits per heavy atom. The van der Waals surface area contributed by atoms with Crippen molar-refractivity contribution in [1.82, 2.24) is 0 Å². The number of rotatable bonds is 2. The SMILES string of the molecule is Cc1ccc(C=Cc2ccc3cc4ccccc4cc3c2)cc1. The second kappa shape index (κ2) is 5.73. The second-order valence-corrected chi connectivity index (χ2v) is 6.05. The molecule has 0 unspecified atom stereocenters. The second-order valence-electron chi connectivity index (χ2n) is 6.05. The molecule has 4 rings (SSSR count). The van der Waals surface area contributed by atoms with Crippen molar-refractivity contribution < 1.29 is 0 Å². The monoisotopic (exact) mass is 294 g/mol. The van der Waals surface area contributed by atoms with E-state index in [1.54, 1.807) is 0 Å². The molecule has 0 N–H and O–H groups in total. The average molecular weight is 294 g/mol. The Kier molecular flexibility index (Phi) is 3.44. The summed E-state index contributed by atoms with van der Waals surface area (Å²) in [6.45, 7) is 2.11. The molecule has 0 heterocycles. The van der Waals surface area contributed by atoms with Gasteiger partial charge in [-0.25, -0.2) is 0 Å². The van der Waals surface area contributed by atoms with Crippen LogP contribution in [0.1, 0.15) is 16.7 Å². The number of hydrogen-bond donors (Lipinski definition) is 0. The smallest absolute Gasteiger partial charge is 0.0172 e. The van der Waals surface area contributed by atoms with Crippen molar-refractivity contribution in [3.63, 3.8) is 0 Å². The minimum atomic E-state index is 1.23. The van der Waals surface area contributed by atoms with Gasteiger partial charge in [-0.1, -0.05) is 78.4 Å². The molecule has 0 aliphatic rings. The lowest BCUT2D eigenvalue weighted by atomic mass is 10.0. The van der Waals surface area contributed by atoms with Crippen molar-refractivity contribution in [2.24, 2.45) is 0 Å². The van der Waals surface area contributed by atoms with Crippen LogP contribution in [0.4, 0.5) is 0 Å². The number of aryl methyl sites for hydroxylation is 1. The molecule has 0 nitrogen and oxygen atoms in total. The Labute approximate surface area is 136 Å². The summed E-state index contributed by atoms with van der Waals surface area (Å²) in [5, 5.41) is 5.16. The van der Waals surface area contributed by atoms with Crippen molar-refractivity contribution in [1.29, 1.82) is 0 Å². The van der Waals surface area contributed by atoms with Crippen LogP contribution in [-0.2, 0) is 0 Å². The van der Waals surface area contributed by atoms with Crippen LogP contribution < -0.4 is 0 Å². The quantitative estimate of drug-likeness (QED) is 0.293. The molecule has 0 heteroatoms. The molecule has 4 aromatic rings. The lowest BCUT2D eigenvalue weighted by molar-refractivity contribution is 1.46. The zero-order valence-electron chi connectivity index (χ0n) is 13.2. The molecule has 4 aromatic carbocycles. The van der Waals surface area contributed by atoms with Crippen LogP contribution in [0, 0.1) is 6.92 Å². The van der Waals surface area contributed by atoms with Crippen molar-refractivity contribution in [2.45, 2.75) is 6.92 Å². The summed E-state index contributed by atoms with van der Waals surface area (Å²) in [7, 11) is 0. The van der Waals surface area contributed by atoms with E-state index in [-0.39, 0.29) is 0 Å². The molecule has 0 aliphatic heterocycles. The summed E-state index contributed by atoms with van der Waals surface area (Å²) in [5.74, 6) is 0. The van der Waals surface area contributed by atoms with E-state index in [9.17, 15) is 0 Å². The Bertz CT molecular complexity index is 1000. The molecule has 110 valence electrons. The van der Waals surface area contributed by atoms with Crippen LogP contribution in [0.15, 0.2) is 78.9 Å². The van der Waals surface area contributed by atoms with Crippen LogP contribution in [0.25, 0.3) is 33.7 Å². The van der Waals surface area contributed by atoms with Crippen molar-refractivity contribution in [3.05, 3.63) is 95.6 Å². The summed E-state index contributed by atoms with van der Waals surface area (Å²) in [6.07, 6.45) is 4.35. The van der Waals surface area contributed by atoms with Gasteiger partial charge < -0.3 is 0 Å². The molecular formula is C23H18. The largest absolute Gasteiger partial charge is 0.0616 e. The van der Waals surface area contributed by atoms with Crippen LogP contribution in [0.3, 0.4) is 0 Å². The first-order chi connectivity index (χ1) is 11.3. The Morgan fingerprint density at radius 2 is 1.09 bits per heavy atom. The summed E-state index contributed by atoms with van der Waals surface area (Å²) < 4.78 is 0. The van der Waals surface area contributed by atoms with Gasteiger partial charge in [0.15, 0.2) is 0 Å². The molecule has 0 saturated heterocycles. The van der Waals surface area contributed by atoms with Crippen molar-refractivity contribution >= 4 is 33.7 Å². The van der Waals surface area contributed by atoms with Crippen molar-refractivity contribution in [3.8, 4) is 0 Å². The van der Waals surface area contributed by atoms with Gasteiger partial charge in [0.2, 0.25) is 0 Å². The van der Waals surface area contributed by atoms with Gasteiger partial charge in [0.25, 0.3) is 0 Å². The zero-order chi connectivity index (χ0) is 15.6. The third-order valence-corrected chi connectivity index (χ3v) is 4.27. The van der Waals surface area contributed by atoms with Crippen LogP contribution in [-0.4, -0.2) is 0 Å². The maximum atomic E-state index is 2.27. The van der Waals surface area contributed by atoms with E-state index in [1.807, 2.05) is 0 Å². The lowest BCUT2D eigenvalue weighted by Gasteiger charge is -2.03. The van der Waals surface area contributed by atoms with Gasteiger partial charge in [-0.2, -0.15) is 0 Å². The molecule has 0 radical (unpaired) electrons. The summed E-state index contributed by atoms with van der Waals surface area (Å²) in [4.78, 5) is 0. The Hall–Kier alpha value is -2.86. The van der Waals surface area contributed by atoms with E-state index >= 15 is 0 Å². The normalized spacial score (nSPS) is 11.5. The minimum absolute atomic E-state index is 1.23. The van der Waals surface area contributed by atoms with Gasteiger partial charge in [0, 0.05) is 0 Å². The third-order valence-electron chi connectivity index (χ3n) is 4.27. The average Bonchev–Trinajstić information content (AvgIpc) is 2.59. The van der Waals surface area contributed by atoms with E-state index in [4.69, 9.17) is 0 Å². The molecule has 0 fully saturated rings. The van der Waals surface area contributed by atoms with Crippen molar-refractivity contribution in [2.75, 3.05) is 0 Å². The highest BCUT2D eigenvalue weighted by Gasteiger charge is 1.98. The molecule has 23 heavy (non-hydrogen) atoms. The predicted octanol–water partition coefficient (Wildman–Crippen LogP) is 6.47. The Morgan fingerprint density at radius 3 is 1.83 bits per heavy atom. The summed E-state index contributed by atoms with van der Waals surface area (Å²) >= 11 is 0. The third kappa shape index (κ3) is 2.89. The first kappa shape index (κ1) is 13.8. The molecular weight excluding hydrogens is 276 g/mol. The van der Waals surface area contributed by atoms with Gasteiger partial charge in [0.1, 0.15) is 0 Å². The van der Waals surface area contributed by atoms with Crippen LogP contribution in [0.2, 0.25) is 0 Å². The van der Waals surface area contributed by atoms with E-state index in [2.05, 4.69) is 97.9 Å². The molecule has 0 saturated carbocycles. The molecule has 0 amide bonds. The maximum Gasteiger partial charge on any atom is -0.0172 e. The van der Waals surface area contributed by atoms with Gasteiger partial charge in [0.05, 0.1) is 0 Å². The predicted molar refractivity (Wildman–Crippen MR) is 102 cm³/mol. The first-order valence-corrected chi connectivity index (χ1v) is 7.95. The highest BCUT2D eigenvalue weighted by atomic mass is 14.0. The maximum absolute atomic E-state index is 2.27. The number of hydrogen-bond acceptors (Lipinski definition) is 0. The van der Waals surface area contributed by atoms with E-state index in [1.165, 1.54) is 38.2 Å². The van der Waals surface area contributed by atoms with Gasteiger partial charge >= 0.3 is 0 Å². The van der Waals surface area contributed by atoms with E-state index in [0.717, 1.165) is 0 Å². The fraction of sp³-hybridized carbons (Fsp3) is 0.0435. The van der Waals surface area contributed by atoms with Crippen LogP contribution in [0.5, 0.6) is 0 Å². The fourth-order valence-electron chi connectivity index (χ4n) is 2.93. The topological polar surface area (TPSA) is 0 Å². The summed E-state index contributed by atoms with van der Waals surface area (Å²) in [5.41, 5.74) is 3.75. The minimum Gasteiger partial charge on any atom is -0.0616 e. The molecule has 0 aromatic heterocycles. The van der Waals surface area contributed by atoms with Gasteiger partial charge in [-0.05, 0) is 57.8 Å². The fourth-order valence-corrected chi connectivity index (χ4v) is 2.93. The number of benzene rings is 4. The lowest BCUT2D eigenvalue weighted by Crippen LogP contribution is -1.79. The highest BCUT2D eigenvalue weighted by molar-refractivity contribution is 5.99. The first-order valence-electron chi connectivity index (χ1n) is 7.95. The molecule has 0 atom stereocenters. The van der Waals surface area contributed by atoms with Gasteiger partial charge in [-0.3, -0.25) is 0 Å². The van der Waals surface area contributed by atoms with E-state index in [0.29, 0.717) is 0 Å². The Balaban J connectivity index is 1.73. The van der Waals surface area contributed by atoms with E-state index < -0.39 is 0 Å². The molecule has 0 bridgehead atoms. The molecule has 0 aliphatic carbocycles. The number of fused-ring (bicyclic) bond motifs is 2. The standard InChI is InChI=1S/C23H18/c1-17-6-8-18(9-7-17)10-11-19-12-13-22-15-20-4-2-3-5-21(20)16-23(22)14-19/h2-16H,1H3. The molecule has 0 spiro atoms. The zero-order valence-corrected chi connectivity index (χ0v) is 13.2. The summed E-state index contributed by atoms with van der Waals surface area (Å²) in [6, 6.07) is 28.3.